The fourth-order valence-electron chi connectivity index (χ4n) is 2.72. The van der Waals surface area contributed by atoms with E-state index in [1.54, 1.807) is 0 Å². The first-order valence-electron chi connectivity index (χ1n) is 8.27. The molecule has 0 bridgehead atoms. The third kappa shape index (κ3) is 5.14. The maximum Gasteiger partial charge on any atom is 0.208 e. The Bertz CT molecular complexity index is 609. The van der Waals surface area contributed by atoms with E-state index in [0.717, 1.165) is 43.3 Å². The summed E-state index contributed by atoms with van der Waals surface area (Å²) in [4.78, 5) is 11.6. The standard InChI is InChI=1S/C16H28N4O2S/c1-11(2)14-10-15(18-16(17-14)12(3)4)20-8-6-13(7-9-20)19-23(5,21)22/h10-13,19H,6-9H2,1-5H3. The summed E-state index contributed by atoms with van der Waals surface area (Å²) in [7, 11) is -3.14. The van der Waals surface area contributed by atoms with E-state index in [1.807, 2.05) is 0 Å². The van der Waals surface area contributed by atoms with Crippen LogP contribution < -0.4 is 9.62 Å². The Morgan fingerprint density at radius 3 is 2.22 bits per heavy atom. The molecule has 1 aromatic rings. The van der Waals surface area contributed by atoms with E-state index >= 15 is 0 Å². The van der Waals surface area contributed by atoms with Gasteiger partial charge in [-0.05, 0) is 18.8 Å². The Hall–Kier alpha value is -1.21. The fraction of sp³-hybridized carbons (Fsp3) is 0.750. The molecule has 130 valence electrons. The normalized spacial score (nSPS) is 17.3. The molecule has 0 spiro atoms. The van der Waals surface area contributed by atoms with Crippen molar-refractivity contribution < 1.29 is 8.42 Å². The molecule has 23 heavy (non-hydrogen) atoms. The number of nitrogens with one attached hydrogen (secondary N) is 1. The van der Waals surface area contributed by atoms with Gasteiger partial charge in [0.25, 0.3) is 0 Å². The lowest BCUT2D eigenvalue weighted by Gasteiger charge is -2.33. The van der Waals surface area contributed by atoms with Crippen LogP contribution in [0.1, 0.15) is 63.9 Å². The minimum atomic E-state index is -3.14. The van der Waals surface area contributed by atoms with Crippen LogP contribution in [0.3, 0.4) is 0 Å². The summed E-state index contributed by atoms with van der Waals surface area (Å²) in [5.74, 6) is 2.49. The highest BCUT2D eigenvalue weighted by molar-refractivity contribution is 7.88. The minimum absolute atomic E-state index is 0.0252. The summed E-state index contributed by atoms with van der Waals surface area (Å²) in [5.41, 5.74) is 1.06. The van der Waals surface area contributed by atoms with Crippen LogP contribution in [0, 0.1) is 0 Å². The van der Waals surface area contributed by atoms with Gasteiger partial charge in [-0.3, -0.25) is 0 Å². The molecular formula is C16H28N4O2S. The molecule has 1 saturated heterocycles. The van der Waals surface area contributed by atoms with Gasteiger partial charge in [0.05, 0.1) is 6.26 Å². The quantitative estimate of drug-likeness (QED) is 0.890. The lowest BCUT2D eigenvalue weighted by Crippen LogP contribution is -2.44. The van der Waals surface area contributed by atoms with E-state index in [2.05, 4.69) is 48.4 Å². The number of piperidine rings is 1. The van der Waals surface area contributed by atoms with Gasteiger partial charge in [0.15, 0.2) is 0 Å². The van der Waals surface area contributed by atoms with Gasteiger partial charge < -0.3 is 4.90 Å². The second-order valence-electron chi connectivity index (χ2n) is 6.97. The van der Waals surface area contributed by atoms with Gasteiger partial charge in [0.2, 0.25) is 10.0 Å². The van der Waals surface area contributed by atoms with Gasteiger partial charge in [-0.1, -0.05) is 27.7 Å². The van der Waals surface area contributed by atoms with E-state index in [0.29, 0.717) is 5.92 Å². The number of hydrogen-bond acceptors (Lipinski definition) is 5. The summed E-state index contributed by atoms with van der Waals surface area (Å²) < 4.78 is 25.4. The van der Waals surface area contributed by atoms with E-state index in [9.17, 15) is 8.42 Å². The van der Waals surface area contributed by atoms with Crippen molar-refractivity contribution in [2.45, 2.75) is 58.4 Å². The van der Waals surface area contributed by atoms with Crippen molar-refractivity contribution in [3.63, 3.8) is 0 Å². The zero-order valence-electron chi connectivity index (χ0n) is 14.7. The van der Waals surface area contributed by atoms with Crippen LogP contribution in [0.2, 0.25) is 0 Å². The van der Waals surface area contributed by atoms with Crippen molar-refractivity contribution in [1.29, 1.82) is 0 Å². The number of nitrogens with zero attached hydrogens (tertiary/aromatic N) is 3. The molecule has 0 saturated carbocycles. The highest BCUT2D eigenvalue weighted by Gasteiger charge is 2.23. The van der Waals surface area contributed by atoms with E-state index in [1.165, 1.54) is 6.26 Å². The maximum atomic E-state index is 11.3. The molecule has 0 unspecified atom stereocenters. The second-order valence-corrected chi connectivity index (χ2v) is 8.75. The summed E-state index contributed by atoms with van der Waals surface area (Å²) in [6.45, 7) is 10.1. The van der Waals surface area contributed by atoms with Crippen LogP contribution in [0.5, 0.6) is 0 Å². The first kappa shape index (κ1) is 18.1. The Morgan fingerprint density at radius 2 is 1.74 bits per heavy atom. The van der Waals surface area contributed by atoms with Crippen molar-refractivity contribution >= 4 is 15.8 Å². The molecule has 0 aromatic carbocycles. The number of rotatable bonds is 5. The first-order valence-corrected chi connectivity index (χ1v) is 10.2. The number of hydrogen-bond donors (Lipinski definition) is 1. The van der Waals surface area contributed by atoms with Crippen molar-refractivity contribution in [3.8, 4) is 0 Å². The molecule has 1 aliphatic rings. The molecule has 0 amide bonds. The van der Waals surface area contributed by atoms with Gasteiger partial charge in [-0.25, -0.2) is 23.1 Å². The molecule has 1 N–H and O–H groups in total. The monoisotopic (exact) mass is 340 g/mol. The molecule has 1 fully saturated rings. The van der Waals surface area contributed by atoms with Crippen molar-refractivity contribution in [2.75, 3.05) is 24.2 Å². The zero-order chi connectivity index (χ0) is 17.2. The van der Waals surface area contributed by atoms with Crippen molar-refractivity contribution in [1.82, 2.24) is 14.7 Å². The SMILES string of the molecule is CC(C)c1cc(N2CCC(NS(C)(=O)=O)CC2)nc(C(C)C)n1. The molecular weight excluding hydrogens is 312 g/mol. The predicted octanol–water partition coefficient (Wildman–Crippen LogP) is 2.24. The minimum Gasteiger partial charge on any atom is -0.356 e. The van der Waals surface area contributed by atoms with Crippen molar-refractivity contribution in [3.05, 3.63) is 17.6 Å². The molecule has 0 aliphatic carbocycles. The van der Waals surface area contributed by atoms with Gasteiger partial charge in [0.1, 0.15) is 11.6 Å². The molecule has 0 atom stereocenters. The zero-order valence-corrected chi connectivity index (χ0v) is 15.5. The molecule has 2 rings (SSSR count). The van der Waals surface area contributed by atoms with Gasteiger partial charge in [-0.15, -0.1) is 0 Å². The first-order chi connectivity index (χ1) is 10.7. The lowest BCUT2D eigenvalue weighted by molar-refractivity contribution is 0.459. The molecule has 0 radical (unpaired) electrons. The molecule has 7 heteroatoms. The summed E-state index contributed by atoms with van der Waals surface area (Å²) in [6, 6.07) is 2.10. The molecule has 2 heterocycles. The largest absolute Gasteiger partial charge is 0.356 e. The van der Waals surface area contributed by atoms with Gasteiger partial charge in [0, 0.05) is 36.8 Å². The van der Waals surface area contributed by atoms with Gasteiger partial charge >= 0.3 is 0 Å². The topological polar surface area (TPSA) is 75.2 Å². The van der Waals surface area contributed by atoms with E-state index < -0.39 is 10.0 Å². The van der Waals surface area contributed by atoms with Crippen LogP contribution in [-0.2, 0) is 10.0 Å². The molecule has 6 nitrogen and oxygen atoms in total. The van der Waals surface area contributed by atoms with E-state index in [-0.39, 0.29) is 12.0 Å². The van der Waals surface area contributed by atoms with Crippen LogP contribution >= 0.6 is 0 Å². The Balaban J connectivity index is 2.14. The fourth-order valence-corrected chi connectivity index (χ4v) is 3.56. The Labute approximate surface area is 139 Å². The predicted molar refractivity (Wildman–Crippen MR) is 93.4 cm³/mol. The van der Waals surface area contributed by atoms with Crippen molar-refractivity contribution in [2.24, 2.45) is 0 Å². The summed E-state index contributed by atoms with van der Waals surface area (Å²) in [5, 5.41) is 0. The highest BCUT2D eigenvalue weighted by atomic mass is 32.2. The molecule has 1 aliphatic heterocycles. The second kappa shape index (κ2) is 7.13. The Kier molecular flexibility index (Phi) is 5.62. The third-order valence-corrected chi connectivity index (χ3v) is 4.82. The van der Waals surface area contributed by atoms with Gasteiger partial charge in [-0.2, -0.15) is 0 Å². The van der Waals surface area contributed by atoms with Crippen LogP contribution in [0.15, 0.2) is 6.07 Å². The number of anilines is 1. The van der Waals surface area contributed by atoms with Crippen LogP contribution in [0.25, 0.3) is 0 Å². The third-order valence-electron chi connectivity index (χ3n) is 4.06. The highest BCUT2D eigenvalue weighted by Crippen LogP contribution is 2.24. The average molecular weight is 340 g/mol. The number of aromatic nitrogens is 2. The molecule has 1 aromatic heterocycles. The summed E-state index contributed by atoms with van der Waals surface area (Å²) in [6.07, 6.45) is 2.81. The average Bonchev–Trinajstić information content (AvgIpc) is 2.45. The Morgan fingerprint density at radius 1 is 1.13 bits per heavy atom. The lowest BCUT2D eigenvalue weighted by atomic mass is 10.1. The number of sulfonamides is 1. The van der Waals surface area contributed by atoms with E-state index in [4.69, 9.17) is 4.98 Å². The van der Waals surface area contributed by atoms with Crippen LogP contribution in [0.4, 0.5) is 5.82 Å². The maximum absolute atomic E-state index is 11.3. The smallest absolute Gasteiger partial charge is 0.208 e. The summed E-state index contributed by atoms with van der Waals surface area (Å²) >= 11 is 0. The van der Waals surface area contributed by atoms with Crippen LogP contribution in [-0.4, -0.2) is 43.8 Å².